The van der Waals surface area contributed by atoms with Crippen molar-refractivity contribution >= 4 is 21.9 Å². The van der Waals surface area contributed by atoms with Crippen molar-refractivity contribution < 1.29 is 14.6 Å². The van der Waals surface area contributed by atoms with Crippen LogP contribution in [0.15, 0.2) is 0 Å². The Balaban J connectivity index is 3.48. The standard InChI is InChI=1S/C9H18BrNO3/c1-3-4-7(12)5-11-6-8(10)9(13)14-2/h7-8,11-12H,3-6H2,1-2H3. The fourth-order valence-corrected chi connectivity index (χ4v) is 1.44. The van der Waals surface area contributed by atoms with Gasteiger partial charge < -0.3 is 15.2 Å². The summed E-state index contributed by atoms with van der Waals surface area (Å²) in [7, 11) is 1.35. The van der Waals surface area contributed by atoms with Crippen molar-refractivity contribution in [2.75, 3.05) is 20.2 Å². The molecule has 0 fully saturated rings. The average Bonchev–Trinajstić information content (AvgIpc) is 2.16. The predicted molar refractivity (Wildman–Crippen MR) is 58.5 cm³/mol. The van der Waals surface area contributed by atoms with Crippen LogP contribution in [0.3, 0.4) is 0 Å². The van der Waals surface area contributed by atoms with Crippen molar-refractivity contribution in [1.82, 2.24) is 5.32 Å². The first-order valence-corrected chi connectivity index (χ1v) is 5.64. The molecule has 2 unspecified atom stereocenters. The van der Waals surface area contributed by atoms with Gasteiger partial charge in [0, 0.05) is 13.1 Å². The van der Waals surface area contributed by atoms with Gasteiger partial charge in [-0.15, -0.1) is 0 Å². The summed E-state index contributed by atoms with van der Waals surface area (Å²) in [5.41, 5.74) is 0. The predicted octanol–water partition coefficient (Wildman–Crippen LogP) is 0.673. The molecule has 0 aliphatic carbocycles. The molecule has 0 saturated carbocycles. The van der Waals surface area contributed by atoms with Gasteiger partial charge in [0.25, 0.3) is 0 Å². The molecule has 0 aromatic rings. The van der Waals surface area contributed by atoms with Gasteiger partial charge in [-0.1, -0.05) is 29.3 Å². The maximum Gasteiger partial charge on any atom is 0.320 e. The number of carbonyl (C=O) groups excluding carboxylic acids is 1. The van der Waals surface area contributed by atoms with E-state index in [-0.39, 0.29) is 16.9 Å². The molecule has 4 nitrogen and oxygen atoms in total. The number of methoxy groups -OCH3 is 1. The van der Waals surface area contributed by atoms with Crippen LogP contribution in [0, 0.1) is 0 Å². The van der Waals surface area contributed by atoms with E-state index in [1.807, 2.05) is 6.92 Å². The number of alkyl halides is 1. The third kappa shape index (κ3) is 6.34. The average molecular weight is 268 g/mol. The van der Waals surface area contributed by atoms with Gasteiger partial charge in [-0.3, -0.25) is 4.79 Å². The fraction of sp³-hybridized carbons (Fsp3) is 0.889. The summed E-state index contributed by atoms with van der Waals surface area (Å²) in [5, 5.41) is 12.4. The number of hydrogen-bond acceptors (Lipinski definition) is 4. The van der Waals surface area contributed by atoms with Gasteiger partial charge in [0.15, 0.2) is 0 Å². The Morgan fingerprint density at radius 2 is 2.21 bits per heavy atom. The Labute approximate surface area is 93.1 Å². The van der Waals surface area contributed by atoms with Crippen LogP contribution < -0.4 is 5.32 Å². The Bertz CT molecular complexity index is 166. The van der Waals surface area contributed by atoms with E-state index < -0.39 is 0 Å². The highest BCUT2D eigenvalue weighted by atomic mass is 79.9. The van der Waals surface area contributed by atoms with Gasteiger partial charge in [0.05, 0.1) is 13.2 Å². The van der Waals surface area contributed by atoms with Crippen LogP contribution in [0.4, 0.5) is 0 Å². The Hall–Kier alpha value is -0.130. The molecule has 0 aliphatic rings. The number of halogens is 1. The molecule has 2 atom stereocenters. The molecule has 0 aromatic carbocycles. The number of esters is 1. The van der Waals surface area contributed by atoms with E-state index in [4.69, 9.17) is 0 Å². The lowest BCUT2D eigenvalue weighted by atomic mass is 10.2. The molecule has 0 bridgehead atoms. The van der Waals surface area contributed by atoms with E-state index in [1.165, 1.54) is 7.11 Å². The topological polar surface area (TPSA) is 58.6 Å². The molecule has 84 valence electrons. The first kappa shape index (κ1) is 13.9. The van der Waals surface area contributed by atoms with Gasteiger partial charge in [-0.25, -0.2) is 0 Å². The molecule has 0 rings (SSSR count). The number of hydrogen-bond donors (Lipinski definition) is 2. The fourth-order valence-electron chi connectivity index (χ4n) is 1.02. The second-order valence-electron chi connectivity index (χ2n) is 3.09. The van der Waals surface area contributed by atoms with Crippen molar-refractivity contribution in [2.24, 2.45) is 0 Å². The van der Waals surface area contributed by atoms with Crippen LogP contribution in [0.1, 0.15) is 19.8 Å². The second-order valence-corrected chi connectivity index (χ2v) is 4.20. The summed E-state index contributed by atoms with van der Waals surface area (Å²) in [6.45, 7) is 2.99. The van der Waals surface area contributed by atoms with Crippen LogP contribution in [0.2, 0.25) is 0 Å². The van der Waals surface area contributed by atoms with Crippen LogP contribution >= 0.6 is 15.9 Å². The highest BCUT2D eigenvalue weighted by Gasteiger charge is 2.14. The van der Waals surface area contributed by atoms with Crippen molar-refractivity contribution in [3.8, 4) is 0 Å². The SMILES string of the molecule is CCCC(O)CNCC(Br)C(=O)OC. The zero-order valence-corrected chi connectivity index (χ0v) is 10.2. The molecule has 0 spiro atoms. The summed E-state index contributed by atoms with van der Waals surface area (Å²) in [5.74, 6) is -0.303. The number of carbonyl (C=O) groups is 1. The Morgan fingerprint density at radius 3 is 2.71 bits per heavy atom. The molecule has 0 saturated heterocycles. The van der Waals surface area contributed by atoms with Gasteiger partial charge in [0.2, 0.25) is 0 Å². The molecular weight excluding hydrogens is 250 g/mol. The highest BCUT2D eigenvalue weighted by molar-refractivity contribution is 9.10. The molecule has 0 heterocycles. The molecule has 0 aromatic heterocycles. The number of rotatable bonds is 7. The van der Waals surface area contributed by atoms with E-state index in [2.05, 4.69) is 26.0 Å². The van der Waals surface area contributed by atoms with Gasteiger partial charge >= 0.3 is 5.97 Å². The molecular formula is C9H18BrNO3. The maximum atomic E-state index is 10.9. The largest absolute Gasteiger partial charge is 0.468 e. The van der Waals surface area contributed by atoms with Crippen LogP contribution in [-0.2, 0) is 9.53 Å². The molecule has 0 radical (unpaired) electrons. The number of aliphatic hydroxyl groups is 1. The Morgan fingerprint density at radius 1 is 1.57 bits per heavy atom. The lowest BCUT2D eigenvalue weighted by Crippen LogP contribution is -2.34. The van der Waals surface area contributed by atoms with Crippen molar-refractivity contribution in [2.45, 2.75) is 30.7 Å². The smallest absolute Gasteiger partial charge is 0.320 e. The first-order valence-electron chi connectivity index (χ1n) is 4.72. The number of ether oxygens (including phenoxy) is 1. The molecule has 2 N–H and O–H groups in total. The summed E-state index contributed by atoms with van der Waals surface area (Å²) >= 11 is 3.17. The minimum absolute atomic E-state index is 0.303. The van der Waals surface area contributed by atoms with E-state index in [0.717, 1.165) is 12.8 Å². The lowest BCUT2D eigenvalue weighted by Gasteiger charge is -2.12. The minimum Gasteiger partial charge on any atom is -0.468 e. The highest BCUT2D eigenvalue weighted by Crippen LogP contribution is 2.00. The first-order chi connectivity index (χ1) is 6.61. The van der Waals surface area contributed by atoms with Crippen molar-refractivity contribution in [3.63, 3.8) is 0 Å². The van der Waals surface area contributed by atoms with E-state index in [9.17, 15) is 9.90 Å². The van der Waals surface area contributed by atoms with E-state index in [1.54, 1.807) is 0 Å². The van der Waals surface area contributed by atoms with E-state index in [0.29, 0.717) is 13.1 Å². The number of aliphatic hydroxyl groups excluding tert-OH is 1. The minimum atomic E-state index is -0.346. The normalized spacial score (nSPS) is 14.9. The van der Waals surface area contributed by atoms with Crippen LogP contribution in [0.25, 0.3) is 0 Å². The van der Waals surface area contributed by atoms with Gasteiger partial charge in [0.1, 0.15) is 4.83 Å². The third-order valence-corrected chi connectivity index (χ3v) is 2.48. The summed E-state index contributed by atoms with van der Waals surface area (Å²) in [6.07, 6.45) is 1.40. The lowest BCUT2D eigenvalue weighted by molar-refractivity contribution is -0.139. The maximum absolute atomic E-state index is 10.9. The summed E-state index contributed by atoms with van der Waals surface area (Å²) < 4.78 is 4.53. The third-order valence-electron chi connectivity index (χ3n) is 1.78. The summed E-state index contributed by atoms with van der Waals surface area (Å²) in [6, 6.07) is 0. The van der Waals surface area contributed by atoms with Gasteiger partial charge in [-0.05, 0) is 6.42 Å². The molecule has 5 heteroatoms. The summed E-state index contributed by atoms with van der Waals surface area (Å²) in [4.78, 5) is 10.6. The van der Waals surface area contributed by atoms with Gasteiger partial charge in [-0.2, -0.15) is 0 Å². The van der Waals surface area contributed by atoms with Crippen molar-refractivity contribution in [3.05, 3.63) is 0 Å². The zero-order valence-electron chi connectivity index (χ0n) is 8.62. The monoisotopic (exact) mass is 267 g/mol. The zero-order chi connectivity index (χ0) is 11.0. The van der Waals surface area contributed by atoms with Crippen LogP contribution in [0.5, 0.6) is 0 Å². The van der Waals surface area contributed by atoms with Crippen molar-refractivity contribution in [1.29, 1.82) is 0 Å². The number of nitrogens with one attached hydrogen (secondary N) is 1. The Kier molecular flexibility index (Phi) is 8.12. The quantitative estimate of drug-likeness (QED) is 0.526. The second kappa shape index (κ2) is 8.20. The molecule has 14 heavy (non-hydrogen) atoms. The van der Waals surface area contributed by atoms with Crippen LogP contribution in [-0.4, -0.2) is 42.2 Å². The van der Waals surface area contributed by atoms with E-state index >= 15 is 0 Å². The molecule has 0 amide bonds. The molecule has 0 aliphatic heterocycles.